The van der Waals surface area contributed by atoms with Crippen LogP contribution in [0.4, 0.5) is 10.5 Å². The SMILES string of the molecule is O=C(CCCC[C@@H]1SC[C@@H]2NC(=O)N[C@@H]21)NCc1ccc([N+](=O)[O-])cc1. The van der Waals surface area contributed by atoms with Crippen LogP contribution < -0.4 is 16.0 Å². The lowest BCUT2D eigenvalue weighted by Gasteiger charge is -2.16. The molecule has 2 aliphatic heterocycles. The summed E-state index contributed by atoms with van der Waals surface area (Å²) in [4.78, 5) is 33.4. The minimum absolute atomic E-state index is 0.0175. The Bertz CT molecular complexity index is 682. The van der Waals surface area contributed by atoms with Crippen LogP contribution in [0.5, 0.6) is 0 Å². The Balaban J connectivity index is 1.31. The molecule has 0 aromatic heterocycles. The van der Waals surface area contributed by atoms with Gasteiger partial charge in [0.1, 0.15) is 0 Å². The van der Waals surface area contributed by atoms with Crippen molar-refractivity contribution in [2.24, 2.45) is 0 Å². The number of urea groups is 1. The minimum Gasteiger partial charge on any atom is -0.352 e. The van der Waals surface area contributed by atoms with E-state index in [4.69, 9.17) is 0 Å². The third-order valence-electron chi connectivity index (χ3n) is 4.72. The van der Waals surface area contributed by atoms with Crippen LogP contribution in [0.25, 0.3) is 0 Å². The van der Waals surface area contributed by atoms with Crippen LogP contribution >= 0.6 is 11.8 Å². The van der Waals surface area contributed by atoms with Gasteiger partial charge in [-0.15, -0.1) is 0 Å². The molecular formula is C17H22N4O4S. The minimum atomic E-state index is -0.444. The van der Waals surface area contributed by atoms with E-state index in [0.29, 0.717) is 18.2 Å². The van der Waals surface area contributed by atoms with Crippen LogP contribution in [0.3, 0.4) is 0 Å². The maximum Gasteiger partial charge on any atom is 0.315 e. The van der Waals surface area contributed by atoms with Gasteiger partial charge in [0.05, 0.1) is 17.0 Å². The molecule has 0 aliphatic carbocycles. The number of non-ortho nitro benzene ring substituents is 1. The number of thioether (sulfide) groups is 1. The number of carbonyl (C=O) groups excluding carboxylic acids is 2. The molecule has 2 saturated heterocycles. The molecule has 2 fully saturated rings. The summed E-state index contributed by atoms with van der Waals surface area (Å²) < 4.78 is 0. The molecule has 2 heterocycles. The number of carbonyl (C=O) groups is 2. The highest BCUT2D eigenvalue weighted by Crippen LogP contribution is 2.33. The smallest absolute Gasteiger partial charge is 0.315 e. The maximum atomic E-state index is 11.9. The van der Waals surface area contributed by atoms with E-state index >= 15 is 0 Å². The molecule has 0 spiro atoms. The third kappa shape index (κ3) is 4.66. The predicted molar refractivity (Wildman–Crippen MR) is 98.9 cm³/mol. The number of amides is 3. The zero-order chi connectivity index (χ0) is 18.5. The zero-order valence-electron chi connectivity index (χ0n) is 14.3. The van der Waals surface area contributed by atoms with E-state index in [-0.39, 0.29) is 29.7 Å². The number of nitrogens with zero attached hydrogens (tertiary/aromatic N) is 1. The molecule has 2 aliphatic rings. The number of unbranched alkanes of at least 4 members (excludes halogenated alkanes) is 1. The van der Waals surface area contributed by atoms with Gasteiger partial charge in [0, 0.05) is 36.1 Å². The van der Waals surface area contributed by atoms with Crippen molar-refractivity contribution >= 4 is 29.4 Å². The Labute approximate surface area is 155 Å². The quantitative estimate of drug-likeness (QED) is 0.277. The highest BCUT2D eigenvalue weighted by molar-refractivity contribution is 8.00. The lowest BCUT2D eigenvalue weighted by Crippen LogP contribution is -2.36. The Morgan fingerprint density at radius 3 is 2.77 bits per heavy atom. The van der Waals surface area contributed by atoms with Gasteiger partial charge < -0.3 is 16.0 Å². The number of nitro groups is 1. The summed E-state index contributed by atoms with van der Waals surface area (Å²) in [6.45, 7) is 0.372. The van der Waals surface area contributed by atoms with Crippen molar-refractivity contribution < 1.29 is 14.5 Å². The largest absolute Gasteiger partial charge is 0.352 e. The number of nitro benzene ring substituents is 1. The Hall–Kier alpha value is -2.29. The lowest BCUT2D eigenvalue weighted by atomic mass is 10.0. The molecule has 26 heavy (non-hydrogen) atoms. The summed E-state index contributed by atoms with van der Waals surface area (Å²) in [6, 6.07) is 6.54. The van der Waals surface area contributed by atoms with Gasteiger partial charge in [0.2, 0.25) is 5.91 Å². The average Bonchev–Trinajstić information content (AvgIpc) is 3.16. The highest BCUT2D eigenvalue weighted by atomic mass is 32.2. The summed E-state index contributed by atoms with van der Waals surface area (Å²) in [5, 5.41) is 19.8. The number of hydrogen-bond donors (Lipinski definition) is 3. The van der Waals surface area contributed by atoms with E-state index in [1.54, 1.807) is 12.1 Å². The Morgan fingerprint density at radius 2 is 2.04 bits per heavy atom. The van der Waals surface area contributed by atoms with Gasteiger partial charge in [-0.3, -0.25) is 14.9 Å². The highest BCUT2D eigenvalue weighted by Gasteiger charge is 2.42. The van der Waals surface area contributed by atoms with Crippen LogP contribution in [-0.4, -0.2) is 39.9 Å². The Morgan fingerprint density at radius 1 is 1.27 bits per heavy atom. The van der Waals surface area contributed by atoms with Crippen molar-refractivity contribution in [3.63, 3.8) is 0 Å². The normalized spacial score (nSPS) is 23.8. The number of nitrogens with one attached hydrogen (secondary N) is 3. The summed E-state index contributed by atoms with van der Waals surface area (Å²) in [5.41, 5.74) is 0.877. The van der Waals surface area contributed by atoms with Crippen LogP contribution in [0, 0.1) is 10.1 Å². The number of fused-ring (bicyclic) bond motifs is 1. The molecule has 3 amide bonds. The standard InChI is InChI=1S/C17H22N4O4S/c22-15(18-9-11-5-7-12(8-6-11)21(24)25)4-2-1-3-14-16-13(10-26-14)19-17(23)20-16/h5-8,13-14,16H,1-4,9-10H2,(H,18,22)(H2,19,20,23)/t13-,14-,16-/m0/s1. The monoisotopic (exact) mass is 378 g/mol. The first kappa shape index (κ1) is 18.5. The molecule has 3 N–H and O–H groups in total. The van der Waals surface area contributed by atoms with Crippen molar-refractivity contribution in [3.8, 4) is 0 Å². The van der Waals surface area contributed by atoms with Crippen LogP contribution in [-0.2, 0) is 11.3 Å². The summed E-state index contributed by atoms with van der Waals surface area (Å²) in [6.07, 6.45) is 3.20. The number of rotatable bonds is 8. The first-order chi connectivity index (χ1) is 12.5. The molecule has 8 nitrogen and oxygen atoms in total. The Kier molecular flexibility index (Phi) is 5.97. The number of benzene rings is 1. The van der Waals surface area contributed by atoms with Crippen LogP contribution in [0.1, 0.15) is 31.2 Å². The van der Waals surface area contributed by atoms with Gasteiger partial charge in [0.25, 0.3) is 5.69 Å². The maximum absolute atomic E-state index is 11.9. The van der Waals surface area contributed by atoms with Gasteiger partial charge in [0.15, 0.2) is 0 Å². The fraction of sp³-hybridized carbons (Fsp3) is 0.529. The van der Waals surface area contributed by atoms with Gasteiger partial charge in [-0.2, -0.15) is 11.8 Å². The van der Waals surface area contributed by atoms with Crippen molar-refractivity contribution in [2.45, 2.75) is 49.6 Å². The van der Waals surface area contributed by atoms with E-state index in [1.807, 2.05) is 11.8 Å². The van der Waals surface area contributed by atoms with E-state index < -0.39 is 4.92 Å². The fourth-order valence-corrected chi connectivity index (χ4v) is 4.84. The van der Waals surface area contributed by atoms with E-state index in [1.165, 1.54) is 12.1 Å². The average molecular weight is 378 g/mol. The molecule has 0 radical (unpaired) electrons. The molecule has 3 rings (SSSR count). The number of hydrogen-bond acceptors (Lipinski definition) is 5. The summed E-state index contributed by atoms with van der Waals surface area (Å²) in [5.74, 6) is 0.931. The van der Waals surface area contributed by atoms with E-state index in [9.17, 15) is 19.7 Å². The van der Waals surface area contributed by atoms with Crippen molar-refractivity contribution in [3.05, 3.63) is 39.9 Å². The third-order valence-corrected chi connectivity index (χ3v) is 6.23. The molecule has 9 heteroatoms. The van der Waals surface area contributed by atoms with Crippen molar-refractivity contribution in [1.29, 1.82) is 0 Å². The van der Waals surface area contributed by atoms with Gasteiger partial charge in [-0.1, -0.05) is 18.6 Å². The van der Waals surface area contributed by atoms with E-state index in [2.05, 4.69) is 16.0 Å². The molecule has 3 atom stereocenters. The first-order valence-electron chi connectivity index (χ1n) is 8.71. The molecule has 0 bridgehead atoms. The lowest BCUT2D eigenvalue weighted by molar-refractivity contribution is -0.384. The summed E-state index contributed by atoms with van der Waals surface area (Å²) >= 11 is 1.88. The topological polar surface area (TPSA) is 113 Å². The molecular weight excluding hydrogens is 356 g/mol. The zero-order valence-corrected chi connectivity index (χ0v) is 15.1. The van der Waals surface area contributed by atoms with Crippen molar-refractivity contribution in [1.82, 2.24) is 16.0 Å². The second kappa shape index (κ2) is 8.39. The second-order valence-electron chi connectivity index (χ2n) is 6.57. The molecule has 0 saturated carbocycles. The fourth-order valence-electron chi connectivity index (χ4n) is 3.30. The summed E-state index contributed by atoms with van der Waals surface area (Å²) in [7, 11) is 0. The molecule has 0 unspecified atom stereocenters. The molecule has 1 aromatic carbocycles. The van der Waals surface area contributed by atoms with Gasteiger partial charge in [-0.25, -0.2) is 4.79 Å². The molecule has 1 aromatic rings. The molecule has 140 valence electrons. The first-order valence-corrected chi connectivity index (χ1v) is 9.76. The van der Waals surface area contributed by atoms with E-state index in [0.717, 1.165) is 30.6 Å². The van der Waals surface area contributed by atoms with Gasteiger partial charge in [-0.05, 0) is 18.4 Å². The van der Waals surface area contributed by atoms with Crippen molar-refractivity contribution in [2.75, 3.05) is 5.75 Å². The second-order valence-corrected chi connectivity index (χ2v) is 7.84. The van der Waals surface area contributed by atoms with Gasteiger partial charge >= 0.3 is 6.03 Å². The predicted octanol–water partition coefficient (Wildman–Crippen LogP) is 1.94. The van der Waals surface area contributed by atoms with Crippen LogP contribution in [0.15, 0.2) is 24.3 Å². The van der Waals surface area contributed by atoms with Crippen LogP contribution in [0.2, 0.25) is 0 Å².